The molecule has 16 heteroatoms. The van der Waals surface area contributed by atoms with Gasteiger partial charge in [-0.25, -0.2) is 26.9 Å². The van der Waals surface area contributed by atoms with Gasteiger partial charge in [-0.15, -0.1) is 11.3 Å². The minimum atomic E-state index is -0.238. The molecule has 124 heavy (non-hydrogen) atoms. The number of aryl methyl sites for hydroxylation is 1. The Morgan fingerprint density at radius 1 is 0.339 bits per heavy atom. The summed E-state index contributed by atoms with van der Waals surface area (Å²) in [6.45, 7) is 11.0. The van der Waals surface area contributed by atoms with Gasteiger partial charge < -0.3 is 0 Å². The maximum absolute atomic E-state index is 13.4. The molecule has 0 spiro atoms. The van der Waals surface area contributed by atoms with Crippen LogP contribution in [0.4, 0.5) is 22.0 Å². The summed E-state index contributed by atoms with van der Waals surface area (Å²) < 4.78 is 66.5. The molecule has 10 heterocycles. The number of thiazole rings is 1. The standard InChI is InChI=1S/C24H21FN2S.C23H19FN2.C22H25FN2.C21H21FN2.C18H17FN2/c1-16(2)15-17-3-5-20(6-4-17)24-27-22(18-11-13-26-14-12-18)23(28-24)19-7-9-21(25)10-8-19;1-2-16-4-3-5-19(14-16)22-15-21(17-10-12-25-13-11-17)23(26-22)18-6-8-20(24)9-7-18;1-2-3-4-5-6-7-20-16-21(17-12-14-24-15-13-17)22(25-20)18-8-10-19(23)11-9-18;22-18-8-6-17(7-9-18)21-19(15-10-12-23-13-11-15)14-20(24-21)16-4-2-1-3-5-16;1-2-3-16-12-17(13-8-10-20-11-9-13)18(21-16)14-4-6-15(19)7-5-14/h3-14,16H,15H2,1-2H3;3-14H,2,15H2,1H3;8-15H,2-7,16H2,1H3;6-13,16H,1-5,14H2;4-11H,2-3,12H2,1H3. The van der Waals surface area contributed by atoms with Crippen LogP contribution >= 0.6 is 11.3 Å². The van der Waals surface area contributed by atoms with E-state index in [-0.39, 0.29) is 29.1 Å². The largest absolute Gasteiger partial charge is 0.265 e. The lowest BCUT2D eigenvalue weighted by molar-refractivity contribution is 0.437. The van der Waals surface area contributed by atoms with Crippen LogP contribution < -0.4 is 0 Å². The van der Waals surface area contributed by atoms with Crippen LogP contribution in [-0.2, 0) is 12.8 Å². The third-order valence-corrected chi connectivity index (χ3v) is 23.8. The predicted octanol–water partition coefficient (Wildman–Crippen LogP) is 29.0. The molecule has 0 N–H and O–H groups in total. The lowest BCUT2D eigenvalue weighted by Gasteiger charge is -2.21. The van der Waals surface area contributed by atoms with Gasteiger partial charge in [0.1, 0.15) is 34.1 Å². The maximum atomic E-state index is 13.4. The summed E-state index contributed by atoms with van der Waals surface area (Å²) >= 11 is 1.63. The summed E-state index contributed by atoms with van der Waals surface area (Å²) in [5.74, 6) is 0.118. The van der Waals surface area contributed by atoms with Gasteiger partial charge in [-0.05, 0) is 300 Å². The SMILES string of the molecule is CC(C)Cc1ccc(-c2nc(-c3ccncc3)c(-c3ccc(F)cc3)s2)cc1.CCCC1=NC(c2ccc(F)cc2)=C(c2ccncc2)C1.CCCCCCCC1=NC(c2ccc(F)cc2)=C(c2ccncc2)C1.CCc1cccc(C2=NC(c3ccc(F)cc3)=C(c3ccncc3)C2)c1.Fc1ccc(C2=C(c3ccncc3)CC(C3CCCCC3)=N2)cc1. The van der Waals surface area contributed by atoms with Crippen molar-refractivity contribution in [3.8, 4) is 32.3 Å². The van der Waals surface area contributed by atoms with Gasteiger partial charge >= 0.3 is 0 Å². The summed E-state index contributed by atoms with van der Waals surface area (Å²) in [6, 6.07) is 70.3. The normalized spacial score (nSPS) is 14.3. The lowest BCUT2D eigenvalue weighted by Crippen LogP contribution is -2.16. The van der Waals surface area contributed by atoms with E-state index in [9.17, 15) is 22.0 Å². The Labute approximate surface area is 730 Å². The average Bonchev–Trinajstić information content (AvgIpc) is 1.66. The van der Waals surface area contributed by atoms with Crippen LogP contribution in [0.5, 0.6) is 0 Å². The van der Waals surface area contributed by atoms with E-state index in [0.29, 0.717) is 11.8 Å². The first-order valence-electron chi connectivity index (χ1n) is 43.4. The van der Waals surface area contributed by atoms with Crippen molar-refractivity contribution in [1.82, 2.24) is 29.9 Å². The highest BCUT2D eigenvalue weighted by molar-refractivity contribution is 7.19. The van der Waals surface area contributed by atoms with Gasteiger partial charge in [-0.1, -0.05) is 141 Å². The highest BCUT2D eigenvalue weighted by Crippen LogP contribution is 2.45. The molecule has 5 aliphatic rings. The van der Waals surface area contributed by atoms with Crippen molar-refractivity contribution in [2.24, 2.45) is 31.8 Å². The van der Waals surface area contributed by atoms with Crippen molar-refractivity contribution in [3.05, 3.63) is 383 Å². The molecular weight excluding hydrogens is 1560 g/mol. The van der Waals surface area contributed by atoms with Gasteiger partial charge in [0.25, 0.3) is 0 Å². The van der Waals surface area contributed by atoms with E-state index in [1.165, 1.54) is 175 Å². The first-order valence-corrected chi connectivity index (χ1v) is 44.2. The fourth-order valence-corrected chi connectivity index (χ4v) is 17.3. The first kappa shape index (κ1) is 87.6. The highest BCUT2D eigenvalue weighted by Gasteiger charge is 2.29. The van der Waals surface area contributed by atoms with Crippen molar-refractivity contribution in [2.45, 2.75) is 157 Å². The fourth-order valence-electron chi connectivity index (χ4n) is 16.2. The zero-order valence-corrected chi connectivity index (χ0v) is 71.9. The second-order valence-electron chi connectivity index (χ2n) is 32.0. The van der Waals surface area contributed by atoms with Crippen LogP contribution in [0.1, 0.15) is 205 Å². The third kappa shape index (κ3) is 23.5. The van der Waals surface area contributed by atoms with Gasteiger partial charge in [-0.3, -0.25) is 44.9 Å². The van der Waals surface area contributed by atoms with Crippen LogP contribution in [0.15, 0.2) is 312 Å². The van der Waals surface area contributed by atoms with Gasteiger partial charge in [0.05, 0.1) is 39.1 Å². The van der Waals surface area contributed by atoms with Crippen LogP contribution in [-0.4, -0.2) is 52.8 Å². The Morgan fingerprint density at radius 2 is 0.734 bits per heavy atom. The Morgan fingerprint density at radius 3 is 1.17 bits per heavy atom. The summed E-state index contributed by atoms with van der Waals surface area (Å²) in [7, 11) is 0. The Bertz CT molecular complexity index is 5940. The zero-order chi connectivity index (χ0) is 85.9. The maximum Gasteiger partial charge on any atom is 0.124 e. The van der Waals surface area contributed by atoms with E-state index in [2.05, 4.69) is 108 Å². The van der Waals surface area contributed by atoms with Crippen molar-refractivity contribution in [2.75, 3.05) is 0 Å². The van der Waals surface area contributed by atoms with E-state index in [1.54, 1.807) is 72.8 Å². The molecule has 626 valence electrons. The number of nitrogens with zero attached hydrogens (tertiary/aromatic N) is 10. The molecule has 6 aromatic heterocycles. The lowest BCUT2D eigenvalue weighted by atomic mass is 9.83. The predicted molar refractivity (Wildman–Crippen MR) is 503 cm³/mol. The molecular formula is C108H103F5N10S. The van der Waals surface area contributed by atoms with Crippen molar-refractivity contribution >= 4 is 79.3 Å². The molecule has 7 aromatic carbocycles. The van der Waals surface area contributed by atoms with Gasteiger partial charge in [0.2, 0.25) is 0 Å². The average molecular weight is 1670 g/mol. The Kier molecular flexibility index (Phi) is 30.9. The minimum absolute atomic E-state index is 0.209. The molecule has 18 rings (SSSR count). The molecule has 0 atom stereocenters. The van der Waals surface area contributed by atoms with Crippen molar-refractivity contribution < 1.29 is 22.0 Å². The van der Waals surface area contributed by atoms with Crippen molar-refractivity contribution in [3.63, 3.8) is 0 Å². The number of pyridine rings is 5. The topological polar surface area (TPSA) is 127 Å². The van der Waals surface area contributed by atoms with Gasteiger partial charge in [-0.2, -0.15) is 0 Å². The number of aliphatic imine (C=N–C) groups is 4. The summed E-state index contributed by atoms with van der Waals surface area (Å²) in [6.07, 6.45) is 39.4. The van der Waals surface area contributed by atoms with E-state index >= 15 is 0 Å². The molecule has 0 unspecified atom stereocenters. The molecule has 0 amide bonds. The van der Waals surface area contributed by atoms with E-state index in [1.807, 2.05) is 122 Å². The Hall–Kier alpha value is -12.8. The van der Waals surface area contributed by atoms with Crippen LogP contribution in [0.25, 0.3) is 77.3 Å². The molecule has 1 aliphatic carbocycles. The number of aromatic nitrogens is 6. The molecule has 0 saturated heterocycles. The van der Waals surface area contributed by atoms with E-state index in [0.717, 1.165) is 169 Å². The number of hydrogen-bond acceptors (Lipinski definition) is 11. The van der Waals surface area contributed by atoms with Crippen LogP contribution in [0, 0.1) is 40.9 Å². The molecule has 1 saturated carbocycles. The second-order valence-corrected chi connectivity index (χ2v) is 33.0. The molecule has 10 nitrogen and oxygen atoms in total. The van der Waals surface area contributed by atoms with Crippen molar-refractivity contribution in [1.29, 1.82) is 0 Å². The third-order valence-electron chi connectivity index (χ3n) is 22.6. The first-order chi connectivity index (χ1) is 60.7. The fraction of sp³-hybridized carbons (Fsp3) is 0.241. The van der Waals surface area contributed by atoms with E-state index < -0.39 is 0 Å². The molecule has 0 bridgehead atoms. The van der Waals surface area contributed by atoms with Crippen LogP contribution in [0.3, 0.4) is 0 Å². The summed E-state index contributed by atoms with van der Waals surface area (Å²) in [5.41, 5.74) is 29.6. The number of rotatable bonds is 24. The zero-order valence-electron chi connectivity index (χ0n) is 71.1. The quantitative estimate of drug-likeness (QED) is 0.0438. The minimum Gasteiger partial charge on any atom is -0.265 e. The van der Waals surface area contributed by atoms with Gasteiger partial charge in [0.15, 0.2) is 0 Å². The number of allylic oxidation sites excluding steroid dienone is 4. The number of hydrogen-bond donors (Lipinski definition) is 0. The smallest absolute Gasteiger partial charge is 0.124 e. The number of halogens is 5. The molecule has 13 aromatic rings. The number of unbranched alkanes of at least 4 members (excludes halogenated alkanes) is 4. The molecule has 0 radical (unpaired) electrons. The molecule has 4 aliphatic heterocycles. The monoisotopic (exact) mass is 1670 g/mol. The van der Waals surface area contributed by atoms with E-state index in [4.69, 9.17) is 25.0 Å². The van der Waals surface area contributed by atoms with Gasteiger partial charge in [0, 0.05) is 138 Å². The second kappa shape index (κ2) is 43.8. The Balaban J connectivity index is 0.000000126. The summed E-state index contributed by atoms with van der Waals surface area (Å²) in [5, 5.41) is 0.960. The summed E-state index contributed by atoms with van der Waals surface area (Å²) in [4.78, 5) is 46.2. The van der Waals surface area contributed by atoms with Crippen LogP contribution in [0.2, 0.25) is 0 Å². The number of benzene rings is 7. The highest BCUT2D eigenvalue weighted by atomic mass is 32.1. The molecule has 1 fully saturated rings.